The lowest BCUT2D eigenvalue weighted by molar-refractivity contribution is 0.141. The molecule has 5 nitrogen and oxygen atoms in total. The highest BCUT2D eigenvalue weighted by Crippen LogP contribution is 2.14. The van der Waals surface area contributed by atoms with Gasteiger partial charge in [-0.05, 0) is 28.0 Å². The van der Waals surface area contributed by atoms with Crippen LogP contribution in [0.2, 0.25) is 0 Å². The number of rotatable bonds is 5. The first-order chi connectivity index (χ1) is 12.2. The molecule has 0 spiro atoms. The molecule has 0 aliphatic carbocycles. The van der Waals surface area contributed by atoms with Crippen molar-refractivity contribution in [2.75, 3.05) is 6.54 Å². The van der Waals surface area contributed by atoms with Crippen molar-refractivity contribution in [2.24, 2.45) is 0 Å². The molecule has 0 bridgehead atoms. The molecule has 5 heteroatoms. The molecule has 0 unspecified atom stereocenters. The van der Waals surface area contributed by atoms with Gasteiger partial charge in [0, 0.05) is 18.8 Å². The Hall–Kier alpha value is -3.34. The molecule has 0 saturated heterocycles. The molecule has 2 aromatic carbocycles. The van der Waals surface area contributed by atoms with Crippen LogP contribution in [0.4, 0.5) is 4.79 Å². The van der Waals surface area contributed by atoms with Crippen LogP contribution in [0.1, 0.15) is 11.1 Å². The molecule has 2 N–H and O–H groups in total. The quantitative estimate of drug-likeness (QED) is 0.750. The van der Waals surface area contributed by atoms with E-state index in [1.165, 1.54) is 0 Å². The number of H-pyrrole nitrogens is 1. The number of amides is 1. The largest absolute Gasteiger partial charge is 0.445 e. The summed E-state index contributed by atoms with van der Waals surface area (Å²) in [5.74, 6) is 0. The minimum Gasteiger partial charge on any atom is -0.445 e. The molecule has 0 saturated carbocycles. The number of fused-ring (bicyclic) bond motifs is 1. The minimum absolute atomic E-state index is 0.128. The van der Waals surface area contributed by atoms with Crippen LogP contribution >= 0.6 is 0 Å². The average Bonchev–Trinajstić information content (AvgIpc) is 2.64. The van der Waals surface area contributed by atoms with E-state index in [-0.39, 0.29) is 12.2 Å². The highest BCUT2D eigenvalue weighted by atomic mass is 16.5. The first-order valence-electron chi connectivity index (χ1n) is 7.94. The molecule has 3 rings (SSSR count). The number of alkyl carbamates (subject to hydrolysis) is 1. The van der Waals surface area contributed by atoms with E-state index < -0.39 is 6.09 Å². The van der Waals surface area contributed by atoms with Crippen LogP contribution in [-0.4, -0.2) is 17.6 Å². The van der Waals surface area contributed by atoms with Crippen molar-refractivity contribution in [1.29, 1.82) is 0 Å². The monoisotopic (exact) mass is 334 g/mol. The molecule has 1 amide bonds. The maximum absolute atomic E-state index is 11.6. The summed E-state index contributed by atoms with van der Waals surface area (Å²) in [5.41, 5.74) is 1.77. The molecule has 0 atom stereocenters. The van der Waals surface area contributed by atoms with Crippen molar-refractivity contribution < 1.29 is 9.53 Å². The van der Waals surface area contributed by atoms with Crippen molar-refractivity contribution in [3.63, 3.8) is 0 Å². The summed E-state index contributed by atoms with van der Waals surface area (Å²) in [7, 11) is 0. The van der Waals surface area contributed by atoms with Crippen LogP contribution < -0.4 is 10.9 Å². The molecular weight excluding hydrogens is 316 g/mol. The predicted octanol–water partition coefficient (Wildman–Crippen LogP) is 3.47. The summed E-state index contributed by atoms with van der Waals surface area (Å²) in [4.78, 5) is 25.6. The zero-order valence-corrected chi connectivity index (χ0v) is 13.6. The Balaban J connectivity index is 1.49. The fourth-order valence-electron chi connectivity index (χ4n) is 2.40. The number of pyridine rings is 1. The van der Waals surface area contributed by atoms with E-state index in [4.69, 9.17) is 4.74 Å². The van der Waals surface area contributed by atoms with E-state index >= 15 is 0 Å². The number of aromatic amines is 1. The molecule has 126 valence electrons. The summed E-state index contributed by atoms with van der Waals surface area (Å²) in [6.07, 6.45) is 4.95. The van der Waals surface area contributed by atoms with Crippen molar-refractivity contribution in [3.8, 4) is 0 Å². The SMILES string of the molecule is O=C(NCC=Cc1ccc2c[nH]c(=O)cc2c1)OCc1ccccc1. The number of hydrogen-bond acceptors (Lipinski definition) is 3. The van der Waals surface area contributed by atoms with Crippen LogP contribution in [0.15, 0.2) is 71.7 Å². The second kappa shape index (κ2) is 7.97. The van der Waals surface area contributed by atoms with Gasteiger partial charge in [-0.25, -0.2) is 4.79 Å². The van der Waals surface area contributed by atoms with Gasteiger partial charge in [-0.3, -0.25) is 4.79 Å². The third kappa shape index (κ3) is 4.81. The molecule has 0 fully saturated rings. The molecule has 25 heavy (non-hydrogen) atoms. The van der Waals surface area contributed by atoms with Crippen LogP contribution in [0.25, 0.3) is 16.8 Å². The normalized spacial score (nSPS) is 10.9. The van der Waals surface area contributed by atoms with E-state index in [0.29, 0.717) is 6.54 Å². The molecule has 1 heterocycles. The van der Waals surface area contributed by atoms with Gasteiger partial charge in [0.05, 0.1) is 0 Å². The van der Waals surface area contributed by atoms with Crippen molar-refractivity contribution in [2.45, 2.75) is 6.61 Å². The number of benzene rings is 2. The Morgan fingerprint density at radius 1 is 1.08 bits per heavy atom. The zero-order chi connectivity index (χ0) is 17.5. The maximum Gasteiger partial charge on any atom is 0.407 e. The van der Waals surface area contributed by atoms with Crippen molar-refractivity contribution in [3.05, 3.63) is 88.4 Å². The van der Waals surface area contributed by atoms with Crippen molar-refractivity contribution >= 4 is 22.9 Å². The number of carbonyl (C=O) groups excluding carboxylic acids is 1. The van der Waals surface area contributed by atoms with Gasteiger partial charge in [0.25, 0.3) is 0 Å². The van der Waals surface area contributed by atoms with Gasteiger partial charge in [0.2, 0.25) is 5.56 Å². The van der Waals surface area contributed by atoms with E-state index in [1.54, 1.807) is 12.3 Å². The van der Waals surface area contributed by atoms with E-state index in [0.717, 1.165) is 21.9 Å². The zero-order valence-electron chi connectivity index (χ0n) is 13.6. The lowest BCUT2D eigenvalue weighted by Crippen LogP contribution is -2.24. The molecule has 0 radical (unpaired) electrons. The average molecular weight is 334 g/mol. The Kier molecular flexibility index (Phi) is 5.26. The summed E-state index contributed by atoms with van der Waals surface area (Å²) < 4.78 is 5.13. The third-order valence-corrected chi connectivity index (χ3v) is 3.65. The molecule has 0 aliphatic heterocycles. The van der Waals surface area contributed by atoms with E-state index in [9.17, 15) is 9.59 Å². The lowest BCUT2D eigenvalue weighted by Gasteiger charge is -2.05. The second-order valence-electron chi connectivity index (χ2n) is 5.53. The summed E-state index contributed by atoms with van der Waals surface area (Å²) in [6, 6.07) is 16.9. The summed E-state index contributed by atoms with van der Waals surface area (Å²) >= 11 is 0. The first kappa shape index (κ1) is 16.5. The van der Waals surface area contributed by atoms with Crippen molar-refractivity contribution in [1.82, 2.24) is 10.3 Å². The lowest BCUT2D eigenvalue weighted by atomic mass is 10.1. The fourth-order valence-corrected chi connectivity index (χ4v) is 2.40. The number of carbonyl (C=O) groups is 1. The van der Waals surface area contributed by atoms with E-state index in [1.807, 2.05) is 60.7 Å². The Bertz CT molecular complexity index is 946. The highest BCUT2D eigenvalue weighted by molar-refractivity contribution is 5.83. The van der Waals surface area contributed by atoms with Gasteiger partial charge >= 0.3 is 6.09 Å². The minimum atomic E-state index is -0.460. The Morgan fingerprint density at radius 2 is 1.92 bits per heavy atom. The number of ether oxygens (including phenoxy) is 1. The second-order valence-corrected chi connectivity index (χ2v) is 5.53. The van der Waals surface area contributed by atoms with Crippen LogP contribution in [0.3, 0.4) is 0 Å². The molecular formula is C20H18N2O3. The molecule has 0 aliphatic rings. The van der Waals surface area contributed by atoms with E-state index in [2.05, 4.69) is 10.3 Å². The maximum atomic E-state index is 11.6. The van der Waals surface area contributed by atoms with Gasteiger partial charge in [-0.15, -0.1) is 0 Å². The standard InChI is InChI=1S/C20H18N2O3/c23-19-12-18-11-15(8-9-17(18)13-22-19)7-4-10-21-20(24)25-14-16-5-2-1-3-6-16/h1-9,11-13H,10,14H2,(H,21,24)(H,22,23). The summed E-state index contributed by atoms with van der Waals surface area (Å²) in [6.45, 7) is 0.608. The Labute approximate surface area is 145 Å². The van der Waals surface area contributed by atoms with Crippen LogP contribution in [0, 0.1) is 0 Å². The van der Waals surface area contributed by atoms with Crippen LogP contribution in [-0.2, 0) is 11.3 Å². The van der Waals surface area contributed by atoms with Crippen LogP contribution in [0.5, 0.6) is 0 Å². The number of nitrogens with one attached hydrogen (secondary N) is 2. The topological polar surface area (TPSA) is 71.2 Å². The third-order valence-electron chi connectivity index (χ3n) is 3.65. The van der Waals surface area contributed by atoms with Gasteiger partial charge < -0.3 is 15.0 Å². The predicted molar refractivity (Wildman–Crippen MR) is 98.2 cm³/mol. The van der Waals surface area contributed by atoms with Gasteiger partial charge in [0.15, 0.2) is 0 Å². The Morgan fingerprint density at radius 3 is 2.76 bits per heavy atom. The highest BCUT2D eigenvalue weighted by Gasteiger charge is 2.00. The fraction of sp³-hybridized carbons (Fsp3) is 0.100. The van der Waals surface area contributed by atoms with Gasteiger partial charge in [0.1, 0.15) is 6.61 Å². The molecule has 3 aromatic rings. The number of hydrogen-bond donors (Lipinski definition) is 2. The van der Waals surface area contributed by atoms with Gasteiger partial charge in [-0.2, -0.15) is 0 Å². The van der Waals surface area contributed by atoms with Gasteiger partial charge in [-0.1, -0.05) is 54.6 Å². The smallest absolute Gasteiger partial charge is 0.407 e. The first-order valence-corrected chi connectivity index (χ1v) is 7.94. The number of aromatic nitrogens is 1. The molecule has 1 aromatic heterocycles. The summed E-state index contributed by atoms with van der Waals surface area (Å²) in [5, 5.41) is 4.51.